The number of ether oxygens (including phenoxy) is 1. The van der Waals surface area contributed by atoms with Gasteiger partial charge in [-0.05, 0) is 31.6 Å². The van der Waals surface area contributed by atoms with E-state index in [0.717, 1.165) is 51.6 Å². The first-order valence-electron chi connectivity index (χ1n) is 7.78. The Morgan fingerprint density at radius 2 is 1.68 bits per heavy atom. The minimum absolute atomic E-state index is 0.128. The van der Waals surface area contributed by atoms with Gasteiger partial charge in [0.15, 0.2) is 0 Å². The molecule has 0 bridgehead atoms. The lowest BCUT2D eigenvalue weighted by Gasteiger charge is -2.41. The molecule has 3 rings (SSSR count). The summed E-state index contributed by atoms with van der Waals surface area (Å²) in [6, 6.07) is 0. The van der Waals surface area contributed by atoms with Gasteiger partial charge in [0, 0.05) is 57.9 Å². The van der Waals surface area contributed by atoms with E-state index in [1.54, 1.807) is 0 Å². The first-order valence-corrected chi connectivity index (χ1v) is 7.78. The zero-order valence-corrected chi connectivity index (χ0v) is 11.9. The van der Waals surface area contributed by atoms with Crippen molar-refractivity contribution in [1.82, 2.24) is 9.80 Å². The summed E-state index contributed by atoms with van der Waals surface area (Å²) in [6.45, 7) is 8.37. The molecule has 108 valence electrons. The average molecular weight is 266 g/mol. The van der Waals surface area contributed by atoms with Crippen LogP contribution in [0.5, 0.6) is 0 Å². The number of hydrogen-bond donors (Lipinski definition) is 0. The van der Waals surface area contributed by atoms with E-state index >= 15 is 0 Å². The molecule has 0 N–H and O–H groups in total. The minimum Gasteiger partial charge on any atom is -0.381 e. The van der Waals surface area contributed by atoms with Gasteiger partial charge >= 0.3 is 0 Å². The summed E-state index contributed by atoms with van der Waals surface area (Å²) in [4.78, 5) is 16.6. The number of carbonyl (C=O) groups excluding carboxylic acids is 1. The topological polar surface area (TPSA) is 32.8 Å². The average Bonchev–Trinajstić information content (AvgIpc) is 3.26. The SMILES string of the molecule is O=CC1(CN2CCN(CC3CC3)CC2)CCOCC1. The third kappa shape index (κ3) is 3.56. The zero-order valence-electron chi connectivity index (χ0n) is 11.9. The summed E-state index contributed by atoms with van der Waals surface area (Å²) in [6.07, 6.45) is 5.88. The third-order valence-electron chi connectivity index (χ3n) is 4.96. The molecule has 2 saturated heterocycles. The lowest BCUT2D eigenvalue weighted by molar-refractivity contribution is -0.123. The maximum absolute atomic E-state index is 11.5. The molecule has 0 aromatic rings. The van der Waals surface area contributed by atoms with Gasteiger partial charge in [-0.1, -0.05) is 0 Å². The number of hydrogen-bond acceptors (Lipinski definition) is 4. The Kier molecular flexibility index (Phi) is 4.20. The van der Waals surface area contributed by atoms with Crippen LogP contribution in [0.25, 0.3) is 0 Å². The molecule has 4 nitrogen and oxygen atoms in total. The molecule has 0 aromatic carbocycles. The quantitative estimate of drug-likeness (QED) is 0.695. The molecule has 4 heteroatoms. The number of carbonyl (C=O) groups is 1. The molecule has 0 atom stereocenters. The Bertz CT molecular complexity index is 303. The molecule has 2 aliphatic heterocycles. The van der Waals surface area contributed by atoms with Crippen molar-refractivity contribution in [3.8, 4) is 0 Å². The van der Waals surface area contributed by atoms with Crippen LogP contribution in [0.4, 0.5) is 0 Å². The van der Waals surface area contributed by atoms with Crippen molar-refractivity contribution in [1.29, 1.82) is 0 Å². The van der Waals surface area contributed by atoms with Crippen molar-refractivity contribution in [2.75, 3.05) is 52.5 Å². The van der Waals surface area contributed by atoms with Crippen LogP contribution >= 0.6 is 0 Å². The van der Waals surface area contributed by atoms with Gasteiger partial charge in [-0.3, -0.25) is 4.90 Å². The maximum Gasteiger partial charge on any atom is 0.127 e. The van der Waals surface area contributed by atoms with E-state index in [9.17, 15) is 4.79 Å². The number of aldehydes is 1. The monoisotopic (exact) mass is 266 g/mol. The molecule has 19 heavy (non-hydrogen) atoms. The lowest BCUT2D eigenvalue weighted by atomic mass is 9.81. The Morgan fingerprint density at radius 3 is 2.26 bits per heavy atom. The van der Waals surface area contributed by atoms with Crippen molar-refractivity contribution in [2.45, 2.75) is 25.7 Å². The smallest absolute Gasteiger partial charge is 0.127 e. The highest BCUT2D eigenvalue weighted by Gasteiger charge is 2.35. The highest BCUT2D eigenvalue weighted by molar-refractivity contribution is 5.60. The largest absolute Gasteiger partial charge is 0.381 e. The van der Waals surface area contributed by atoms with Crippen molar-refractivity contribution in [2.24, 2.45) is 11.3 Å². The summed E-state index contributed by atoms with van der Waals surface area (Å²) < 4.78 is 5.40. The van der Waals surface area contributed by atoms with Gasteiger partial charge < -0.3 is 14.4 Å². The van der Waals surface area contributed by atoms with E-state index < -0.39 is 0 Å². The van der Waals surface area contributed by atoms with Gasteiger partial charge in [-0.2, -0.15) is 0 Å². The Labute approximate surface area is 116 Å². The summed E-state index contributed by atoms with van der Waals surface area (Å²) in [5.74, 6) is 0.989. The standard InChI is InChI=1S/C15H26N2O2/c18-13-15(3-9-19-10-4-15)12-17-7-5-16(6-8-17)11-14-1-2-14/h13-14H,1-12H2. The highest BCUT2D eigenvalue weighted by atomic mass is 16.5. The molecule has 1 aliphatic carbocycles. The fraction of sp³-hybridized carbons (Fsp3) is 0.933. The van der Waals surface area contributed by atoms with Crippen LogP contribution in [0.15, 0.2) is 0 Å². The minimum atomic E-state index is -0.128. The predicted molar refractivity (Wildman–Crippen MR) is 74.2 cm³/mol. The van der Waals surface area contributed by atoms with Crippen LogP contribution in [0.3, 0.4) is 0 Å². The molecule has 3 fully saturated rings. The number of nitrogens with zero attached hydrogens (tertiary/aromatic N) is 2. The van der Waals surface area contributed by atoms with Crippen LogP contribution in [0, 0.1) is 11.3 Å². The van der Waals surface area contributed by atoms with Gasteiger partial charge in [-0.25, -0.2) is 0 Å². The molecule has 0 radical (unpaired) electrons. The van der Waals surface area contributed by atoms with Crippen LogP contribution in [-0.4, -0.2) is 68.6 Å². The fourth-order valence-corrected chi connectivity index (χ4v) is 3.33. The van der Waals surface area contributed by atoms with Crippen molar-refractivity contribution in [3.63, 3.8) is 0 Å². The maximum atomic E-state index is 11.5. The first-order chi connectivity index (χ1) is 9.30. The van der Waals surface area contributed by atoms with E-state index in [-0.39, 0.29) is 5.41 Å². The molecule has 3 aliphatic rings. The second kappa shape index (κ2) is 5.90. The number of piperazine rings is 1. The Balaban J connectivity index is 1.46. The second-order valence-electron chi connectivity index (χ2n) is 6.61. The van der Waals surface area contributed by atoms with Gasteiger partial charge in [0.25, 0.3) is 0 Å². The normalized spacial score (nSPS) is 29.3. The van der Waals surface area contributed by atoms with Crippen LogP contribution in [0.2, 0.25) is 0 Å². The summed E-state index contributed by atoms with van der Waals surface area (Å²) >= 11 is 0. The van der Waals surface area contributed by atoms with E-state index in [1.807, 2.05) is 0 Å². The molecule has 0 aromatic heterocycles. The van der Waals surface area contributed by atoms with Crippen molar-refractivity contribution in [3.05, 3.63) is 0 Å². The Hall–Kier alpha value is -0.450. The van der Waals surface area contributed by atoms with Crippen LogP contribution in [-0.2, 0) is 9.53 Å². The molecule has 1 saturated carbocycles. The molecular weight excluding hydrogens is 240 g/mol. The highest BCUT2D eigenvalue weighted by Crippen LogP contribution is 2.31. The van der Waals surface area contributed by atoms with Crippen molar-refractivity contribution < 1.29 is 9.53 Å². The van der Waals surface area contributed by atoms with Gasteiger partial charge in [0.05, 0.1) is 0 Å². The lowest BCUT2D eigenvalue weighted by Crippen LogP contribution is -2.51. The Morgan fingerprint density at radius 1 is 1.05 bits per heavy atom. The van der Waals surface area contributed by atoms with Crippen LogP contribution < -0.4 is 0 Å². The second-order valence-corrected chi connectivity index (χ2v) is 6.61. The van der Waals surface area contributed by atoms with E-state index in [4.69, 9.17) is 4.74 Å². The predicted octanol–water partition coefficient (Wildman–Crippen LogP) is 1.01. The van der Waals surface area contributed by atoms with Gasteiger partial charge in [0.1, 0.15) is 6.29 Å². The summed E-state index contributed by atoms with van der Waals surface area (Å²) in [5, 5.41) is 0. The molecule has 0 amide bonds. The molecule has 0 unspecified atom stereocenters. The molecule has 2 heterocycles. The first kappa shape index (κ1) is 13.5. The van der Waals surface area contributed by atoms with E-state index in [0.29, 0.717) is 0 Å². The van der Waals surface area contributed by atoms with Gasteiger partial charge in [0.2, 0.25) is 0 Å². The third-order valence-corrected chi connectivity index (χ3v) is 4.96. The van der Waals surface area contributed by atoms with Gasteiger partial charge in [-0.15, -0.1) is 0 Å². The fourth-order valence-electron chi connectivity index (χ4n) is 3.33. The zero-order chi connectivity index (χ0) is 13.1. The van der Waals surface area contributed by atoms with E-state index in [1.165, 1.54) is 38.8 Å². The number of rotatable bonds is 5. The molecule has 0 spiro atoms. The van der Waals surface area contributed by atoms with E-state index in [2.05, 4.69) is 9.80 Å². The van der Waals surface area contributed by atoms with Crippen LogP contribution in [0.1, 0.15) is 25.7 Å². The van der Waals surface area contributed by atoms with Crippen molar-refractivity contribution >= 4 is 6.29 Å². The summed E-state index contributed by atoms with van der Waals surface area (Å²) in [7, 11) is 0. The summed E-state index contributed by atoms with van der Waals surface area (Å²) in [5.41, 5.74) is -0.128. The molecular formula is C15H26N2O2.